The fourth-order valence-electron chi connectivity index (χ4n) is 3.03. The minimum atomic E-state index is 0.200. The summed E-state index contributed by atoms with van der Waals surface area (Å²) in [7, 11) is 0. The Bertz CT molecular complexity index is 708. The van der Waals surface area contributed by atoms with Crippen molar-refractivity contribution in [2.75, 3.05) is 18.8 Å². The van der Waals surface area contributed by atoms with Crippen LogP contribution in [0.25, 0.3) is 11.4 Å². The standard InChI is InChI=1S/C18H23ClN4OS/c1-2-23-17(14-7-9-15(19)10-8-14)20-21-18(23)25-13-16(24)22-11-5-3-4-6-12-22/h7-10H,2-6,11-13H2,1H3. The minimum Gasteiger partial charge on any atom is -0.342 e. The number of hydrogen-bond acceptors (Lipinski definition) is 4. The molecule has 0 saturated carbocycles. The summed E-state index contributed by atoms with van der Waals surface area (Å²) < 4.78 is 2.05. The van der Waals surface area contributed by atoms with E-state index < -0.39 is 0 Å². The Hall–Kier alpha value is -1.53. The van der Waals surface area contributed by atoms with Crippen molar-refractivity contribution in [3.05, 3.63) is 29.3 Å². The van der Waals surface area contributed by atoms with Crippen LogP contribution in [0.3, 0.4) is 0 Å². The van der Waals surface area contributed by atoms with Crippen LogP contribution in [0.4, 0.5) is 0 Å². The van der Waals surface area contributed by atoms with Gasteiger partial charge in [0.05, 0.1) is 5.75 Å². The van der Waals surface area contributed by atoms with Gasteiger partial charge in [-0.3, -0.25) is 4.79 Å². The average Bonchev–Trinajstić information content (AvgIpc) is 2.84. The fourth-order valence-corrected chi connectivity index (χ4v) is 4.06. The first kappa shape index (κ1) is 18.3. The van der Waals surface area contributed by atoms with Crippen molar-refractivity contribution in [2.45, 2.75) is 44.3 Å². The van der Waals surface area contributed by atoms with Crippen LogP contribution in [-0.4, -0.2) is 44.4 Å². The number of halogens is 1. The zero-order valence-corrected chi connectivity index (χ0v) is 16.0. The Morgan fingerprint density at radius 2 is 1.80 bits per heavy atom. The van der Waals surface area contributed by atoms with Gasteiger partial charge in [-0.2, -0.15) is 0 Å². The van der Waals surface area contributed by atoms with E-state index in [2.05, 4.69) is 17.1 Å². The molecule has 1 fully saturated rings. The summed E-state index contributed by atoms with van der Waals surface area (Å²) in [5.74, 6) is 1.42. The fraction of sp³-hybridized carbons (Fsp3) is 0.500. The van der Waals surface area contributed by atoms with Crippen LogP contribution in [0, 0.1) is 0 Å². The quantitative estimate of drug-likeness (QED) is 0.734. The van der Waals surface area contributed by atoms with E-state index >= 15 is 0 Å². The first-order valence-electron chi connectivity index (χ1n) is 8.78. The van der Waals surface area contributed by atoms with Gasteiger partial charge in [0.25, 0.3) is 0 Å². The molecule has 0 aliphatic carbocycles. The second-order valence-electron chi connectivity index (χ2n) is 6.14. The maximum atomic E-state index is 12.5. The molecule has 1 aromatic heterocycles. The second-order valence-corrected chi connectivity index (χ2v) is 7.52. The number of nitrogens with zero attached hydrogens (tertiary/aromatic N) is 4. The van der Waals surface area contributed by atoms with Crippen LogP contribution in [0.5, 0.6) is 0 Å². The van der Waals surface area contributed by atoms with Crippen molar-refractivity contribution >= 4 is 29.3 Å². The molecule has 1 saturated heterocycles. The Kier molecular flexibility index (Phi) is 6.37. The van der Waals surface area contributed by atoms with E-state index in [4.69, 9.17) is 11.6 Å². The topological polar surface area (TPSA) is 51.0 Å². The Morgan fingerprint density at radius 3 is 2.44 bits per heavy atom. The summed E-state index contributed by atoms with van der Waals surface area (Å²) >= 11 is 7.43. The van der Waals surface area contributed by atoms with Gasteiger partial charge in [-0.1, -0.05) is 36.2 Å². The number of thioether (sulfide) groups is 1. The van der Waals surface area contributed by atoms with Gasteiger partial charge in [-0.05, 0) is 44.0 Å². The molecule has 0 N–H and O–H groups in total. The highest BCUT2D eigenvalue weighted by Gasteiger charge is 2.18. The van der Waals surface area contributed by atoms with Crippen molar-refractivity contribution < 1.29 is 4.79 Å². The predicted molar refractivity (Wildman–Crippen MR) is 102 cm³/mol. The summed E-state index contributed by atoms with van der Waals surface area (Å²) in [4.78, 5) is 14.5. The molecule has 0 bridgehead atoms. The summed E-state index contributed by atoms with van der Waals surface area (Å²) in [5, 5.41) is 10.1. The maximum absolute atomic E-state index is 12.5. The largest absolute Gasteiger partial charge is 0.342 e. The first-order valence-corrected chi connectivity index (χ1v) is 10.1. The van der Waals surface area contributed by atoms with E-state index in [1.54, 1.807) is 0 Å². The number of carbonyl (C=O) groups is 1. The number of hydrogen-bond donors (Lipinski definition) is 0. The molecule has 2 aromatic rings. The van der Waals surface area contributed by atoms with Gasteiger partial charge < -0.3 is 9.47 Å². The molecular weight excluding hydrogens is 356 g/mol. The summed E-state index contributed by atoms with van der Waals surface area (Å²) in [6.07, 6.45) is 4.68. The van der Waals surface area contributed by atoms with Crippen molar-refractivity contribution in [3.63, 3.8) is 0 Å². The number of benzene rings is 1. The van der Waals surface area contributed by atoms with Crippen molar-refractivity contribution in [1.82, 2.24) is 19.7 Å². The van der Waals surface area contributed by atoms with Crippen LogP contribution >= 0.6 is 23.4 Å². The van der Waals surface area contributed by atoms with E-state index in [-0.39, 0.29) is 5.91 Å². The van der Waals surface area contributed by atoms with Crippen molar-refractivity contribution in [2.24, 2.45) is 0 Å². The molecule has 0 radical (unpaired) electrons. The van der Waals surface area contributed by atoms with Crippen LogP contribution in [0.1, 0.15) is 32.6 Å². The van der Waals surface area contributed by atoms with Crippen LogP contribution in [-0.2, 0) is 11.3 Å². The monoisotopic (exact) mass is 378 g/mol. The van der Waals surface area contributed by atoms with Crippen molar-refractivity contribution in [1.29, 1.82) is 0 Å². The van der Waals surface area contributed by atoms with Gasteiger partial charge in [-0.25, -0.2) is 0 Å². The third kappa shape index (κ3) is 4.55. The van der Waals surface area contributed by atoms with E-state index in [0.717, 1.165) is 49.0 Å². The SMILES string of the molecule is CCn1c(SCC(=O)N2CCCCCC2)nnc1-c1ccc(Cl)cc1. The molecular formula is C18H23ClN4OS. The summed E-state index contributed by atoms with van der Waals surface area (Å²) in [6.45, 7) is 4.58. The second kappa shape index (κ2) is 8.72. The third-order valence-electron chi connectivity index (χ3n) is 4.42. The van der Waals surface area contributed by atoms with Crippen molar-refractivity contribution in [3.8, 4) is 11.4 Å². The molecule has 0 atom stereocenters. The van der Waals surface area contributed by atoms with Gasteiger partial charge in [0.15, 0.2) is 11.0 Å². The van der Waals surface area contributed by atoms with Gasteiger partial charge in [0.1, 0.15) is 0 Å². The lowest BCUT2D eigenvalue weighted by Gasteiger charge is -2.19. The molecule has 1 aliphatic heterocycles. The number of carbonyl (C=O) groups excluding carboxylic acids is 1. The molecule has 1 aliphatic rings. The number of rotatable bonds is 5. The lowest BCUT2D eigenvalue weighted by Crippen LogP contribution is -2.33. The third-order valence-corrected chi connectivity index (χ3v) is 5.62. The van der Waals surface area contributed by atoms with Crippen LogP contribution in [0.15, 0.2) is 29.4 Å². The van der Waals surface area contributed by atoms with E-state index in [1.807, 2.05) is 33.7 Å². The highest BCUT2D eigenvalue weighted by Crippen LogP contribution is 2.25. The first-order chi connectivity index (χ1) is 12.2. The molecule has 1 amide bonds. The van der Waals surface area contributed by atoms with E-state index in [0.29, 0.717) is 10.8 Å². The van der Waals surface area contributed by atoms with E-state index in [9.17, 15) is 4.79 Å². The lowest BCUT2D eigenvalue weighted by atomic mass is 10.2. The number of amides is 1. The number of likely N-dealkylation sites (tertiary alicyclic amines) is 1. The normalized spacial score (nSPS) is 15.2. The zero-order chi connectivity index (χ0) is 17.6. The summed E-state index contributed by atoms with van der Waals surface area (Å²) in [5.41, 5.74) is 0.976. The maximum Gasteiger partial charge on any atom is 0.233 e. The molecule has 0 spiro atoms. The minimum absolute atomic E-state index is 0.200. The molecule has 2 heterocycles. The highest BCUT2D eigenvalue weighted by molar-refractivity contribution is 7.99. The molecule has 0 unspecified atom stereocenters. The molecule has 1 aromatic carbocycles. The van der Waals surface area contributed by atoms with Gasteiger partial charge in [0.2, 0.25) is 5.91 Å². The van der Waals surface area contributed by atoms with Gasteiger partial charge in [0, 0.05) is 30.2 Å². The van der Waals surface area contributed by atoms with Crippen LogP contribution < -0.4 is 0 Å². The lowest BCUT2D eigenvalue weighted by molar-refractivity contribution is -0.128. The molecule has 7 heteroatoms. The predicted octanol–water partition coefficient (Wildman–Crippen LogP) is 4.11. The van der Waals surface area contributed by atoms with E-state index in [1.165, 1.54) is 24.6 Å². The Balaban J connectivity index is 1.68. The molecule has 5 nitrogen and oxygen atoms in total. The zero-order valence-electron chi connectivity index (χ0n) is 14.4. The average molecular weight is 379 g/mol. The van der Waals surface area contributed by atoms with Gasteiger partial charge >= 0.3 is 0 Å². The smallest absolute Gasteiger partial charge is 0.233 e. The van der Waals surface area contributed by atoms with Gasteiger partial charge in [-0.15, -0.1) is 10.2 Å². The number of aromatic nitrogens is 3. The summed E-state index contributed by atoms with van der Waals surface area (Å²) in [6, 6.07) is 7.58. The molecule has 25 heavy (non-hydrogen) atoms. The Labute approximate surface area is 157 Å². The highest BCUT2D eigenvalue weighted by atomic mass is 35.5. The Morgan fingerprint density at radius 1 is 1.12 bits per heavy atom. The van der Waals surface area contributed by atoms with Crippen LogP contribution in [0.2, 0.25) is 5.02 Å². The molecule has 134 valence electrons. The molecule has 3 rings (SSSR count).